The van der Waals surface area contributed by atoms with Crippen molar-refractivity contribution in [1.29, 1.82) is 0 Å². The van der Waals surface area contributed by atoms with Crippen molar-refractivity contribution in [2.24, 2.45) is 0 Å². The van der Waals surface area contributed by atoms with Crippen LogP contribution in [0.25, 0.3) is 0 Å². The molecule has 1 unspecified atom stereocenters. The van der Waals surface area contributed by atoms with Crippen LogP contribution in [-0.4, -0.2) is 27.3 Å². The van der Waals surface area contributed by atoms with Gasteiger partial charge in [-0.15, -0.1) is 0 Å². The highest BCUT2D eigenvalue weighted by atomic mass is 19.1. The fourth-order valence-corrected chi connectivity index (χ4v) is 3.46. The Kier molecular flexibility index (Phi) is 4.96. The molecular weight excluding hydrogens is 345 g/mol. The van der Waals surface area contributed by atoms with Crippen molar-refractivity contribution in [3.8, 4) is 0 Å². The van der Waals surface area contributed by atoms with Crippen molar-refractivity contribution in [3.05, 3.63) is 83.6 Å². The first-order chi connectivity index (χ1) is 13.2. The van der Waals surface area contributed by atoms with Gasteiger partial charge < -0.3 is 9.32 Å². The number of carbonyl (C=O) groups is 1. The molecule has 1 aromatic carbocycles. The minimum Gasteiger partial charge on any atom is -0.443 e. The average molecular weight is 365 g/mol. The van der Waals surface area contributed by atoms with Crippen molar-refractivity contribution in [1.82, 2.24) is 14.9 Å². The highest BCUT2D eigenvalue weighted by molar-refractivity contribution is 5.92. The van der Waals surface area contributed by atoms with Gasteiger partial charge in [0.05, 0.1) is 6.20 Å². The van der Waals surface area contributed by atoms with Crippen molar-refractivity contribution in [2.45, 2.75) is 31.7 Å². The topological polar surface area (TPSA) is 59.2 Å². The molecule has 0 saturated carbocycles. The first-order valence-corrected chi connectivity index (χ1v) is 9.12. The maximum Gasteiger partial charge on any atom is 0.273 e. The zero-order chi connectivity index (χ0) is 18.6. The predicted octanol–water partition coefficient (Wildman–Crippen LogP) is 4.17. The zero-order valence-corrected chi connectivity index (χ0v) is 14.8. The van der Waals surface area contributed by atoms with Gasteiger partial charge in [0.1, 0.15) is 23.3 Å². The number of hydrogen-bond donors (Lipinski definition) is 0. The Morgan fingerprint density at radius 2 is 2.00 bits per heavy atom. The van der Waals surface area contributed by atoms with E-state index >= 15 is 0 Å². The van der Waals surface area contributed by atoms with E-state index in [-0.39, 0.29) is 17.8 Å². The summed E-state index contributed by atoms with van der Waals surface area (Å²) in [5.41, 5.74) is 0.979. The summed E-state index contributed by atoms with van der Waals surface area (Å²) in [6, 6.07) is 11.7. The zero-order valence-electron chi connectivity index (χ0n) is 14.8. The molecule has 1 aliphatic heterocycles. The van der Waals surface area contributed by atoms with Crippen molar-refractivity contribution < 1.29 is 13.6 Å². The maximum absolute atomic E-state index is 13.9. The van der Waals surface area contributed by atoms with Gasteiger partial charge in [0.2, 0.25) is 5.89 Å². The number of benzene rings is 1. The molecule has 3 aromatic rings. The maximum atomic E-state index is 13.9. The van der Waals surface area contributed by atoms with Gasteiger partial charge in [-0.25, -0.2) is 9.37 Å². The monoisotopic (exact) mass is 365 g/mol. The summed E-state index contributed by atoms with van der Waals surface area (Å²) < 4.78 is 19.8. The number of nitrogens with zero attached hydrogens (tertiary/aromatic N) is 3. The molecule has 1 atom stereocenters. The van der Waals surface area contributed by atoms with E-state index < -0.39 is 0 Å². The minimum atomic E-state index is -0.264. The van der Waals surface area contributed by atoms with E-state index in [1.165, 1.54) is 6.07 Å². The summed E-state index contributed by atoms with van der Waals surface area (Å²) in [5.74, 6) is 0.713. The lowest BCUT2D eigenvalue weighted by Gasteiger charge is -2.33. The molecular formula is C21H20FN3O2. The fourth-order valence-electron chi connectivity index (χ4n) is 3.46. The van der Waals surface area contributed by atoms with Gasteiger partial charge >= 0.3 is 0 Å². The van der Waals surface area contributed by atoms with E-state index in [1.807, 2.05) is 0 Å². The van der Waals surface area contributed by atoms with Gasteiger partial charge in [-0.3, -0.25) is 9.78 Å². The van der Waals surface area contributed by atoms with Gasteiger partial charge in [0.15, 0.2) is 0 Å². The Hall–Kier alpha value is -3.02. The molecule has 0 radical (unpaired) electrons. The van der Waals surface area contributed by atoms with Crippen LogP contribution >= 0.6 is 0 Å². The molecule has 1 saturated heterocycles. The number of oxazole rings is 1. The largest absolute Gasteiger partial charge is 0.443 e. The number of likely N-dealkylation sites (tertiary alicyclic amines) is 1. The second kappa shape index (κ2) is 7.70. The second-order valence-corrected chi connectivity index (χ2v) is 6.66. The Bertz CT molecular complexity index is 926. The third-order valence-electron chi connectivity index (χ3n) is 4.83. The van der Waals surface area contributed by atoms with Gasteiger partial charge in [-0.1, -0.05) is 24.3 Å². The number of carbonyl (C=O) groups excluding carboxylic acids is 1. The number of aromatic nitrogens is 2. The molecule has 27 heavy (non-hydrogen) atoms. The molecule has 3 heterocycles. The Morgan fingerprint density at radius 1 is 1.15 bits per heavy atom. The third kappa shape index (κ3) is 3.74. The second-order valence-electron chi connectivity index (χ2n) is 6.66. The number of piperidine rings is 1. The number of halogens is 1. The summed E-state index contributed by atoms with van der Waals surface area (Å²) >= 11 is 0. The van der Waals surface area contributed by atoms with Gasteiger partial charge in [0.25, 0.3) is 5.91 Å². The van der Waals surface area contributed by atoms with Gasteiger partial charge in [0, 0.05) is 19.2 Å². The number of hydrogen-bond acceptors (Lipinski definition) is 4. The third-order valence-corrected chi connectivity index (χ3v) is 4.83. The SMILES string of the molecule is O=C(c1ccccn1)N1CCCCC1c1ncc(Cc2ccccc2F)o1. The van der Waals surface area contributed by atoms with Crippen molar-refractivity contribution in [2.75, 3.05) is 6.54 Å². The molecule has 6 heteroatoms. The Labute approximate surface area is 156 Å². The van der Waals surface area contributed by atoms with Crippen LogP contribution in [0, 0.1) is 5.82 Å². The van der Waals surface area contributed by atoms with E-state index in [1.54, 1.807) is 53.7 Å². The quantitative estimate of drug-likeness (QED) is 0.696. The highest BCUT2D eigenvalue weighted by Gasteiger charge is 2.32. The number of rotatable bonds is 4. The number of amides is 1. The normalized spacial score (nSPS) is 17.1. The van der Waals surface area contributed by atoms with Crippen LogP contribution in [0.3, 0.4) is 0 Å². The molecule has 2 aromatic heterocycles. The molecule has 0 spiro atoms. The fraction of sp³-hybridized carbons (Fsp3) is 0.286. The Balaban J connectivity index is 1.55. The first-order valence-electron chi connectivity index (χ1n) is 9.12. The summed E-state index contributed by atoms with van der Waals surface area (Å²) in [6.45, 7) is 0.644. The molecule has 0 N–H and O–H groups in total. The lowest BCUT2D eigenvalue weighted by Crippen LogP contribution is -2.39. The van der Waals surface area contributed by atoms with Gasteiger partial charge in [-0.05, 0) is 43.0 Å². The van der Waals surface area contributed by atoms with Crippen LogP contribution in [0.15, 0.2) is 59.3 Å². The minimum absolute atomic E-state index is 0.117. The number of pyridine rings is 1. The first kappa shape index (κ1) is 17.4. The summed E-state index contributed by atoms with van der Waals surface area (Å²) in [7, 11) is 0. The smallest absolute Gasteiger partial charge is 0.273 e. The van der Waals surface area contributed by atoms with E-state index in [0.717, 1.165) is 19.3 Å². The molecule has 0 bridgehead atoms. The van der Waals surface area contributed by atoms with E-state index in [9.17, 15) is 9.18 Å². The highest BCUT2D eigenvalue weighted by Crippen LogP contribution is 2.32. The molecule has 1 fully saturated rings. The lowest BCUT2D eigenvalue weighted by atomic mass is 10.0. The van der Waals surface area contributed by atoms with Crippen LogP contribution in [0.2, 0.25) is 0 Å². The molecule has 4 rings (SSSR count). The van der Waals surface area contributed by atoms with E-state index in [0.29, 0.717) is 35.9 Å². The molecule has 1 amide bonds. The van der Waals surface area contributed by atoms with Crippen LogP contribution in [0.5, 0.6) is 0 Å². The molecule has 1 aliphatic rings. The summed E-state index contributed by atoms with van der Waals surface area (Å²) in [5, 5.41) is 0. The molecule has 138 valence electrons. The van der Waals surface area contributed by atoms with Crippen molar-refractivity contribution >= 4 is 5.91 Å². The van der Waals surface area contributed by atoms with E-state index in [2.05, 4.69) is 9.97 Å². The van der Waals surface area contributed by atoms with Crippen molar-refractivity contribution in [3.63, 3.8) is 0 Å². The summed E-state index contributed by atoms with van der Waals surface area (Å²) in [4.78, 5) is 23.2. The van der Waals surface area contributed by atoms with Gasteiger partial charge in [-0.2, -0.15) is 0 Å². The predicted molar refractivity (Wildman–Crippen MR) is 97.6 cm³/mol. The Morgan fingerprint density at radius 3 is 2.81 bits per heavy atom. The van der Waals surface area contributed by atoms with Crippen LogP contribution in [0.4, 0.5) is 4.39 Å². The van der Waals surface area contributed by atoms with Crippen LogP contribution in [-0.2, 0) is 6.42 Å². The lowest BCUT2D eigenvalue weighted by molar-refractivity contribution is 0.0564. The van der Waals surface area contributed by atoms with E-state index in [4.69, 9.17) is 4.42 Å². The summed E-state index contributed by atoms with van der Waals surface area (Å²) in [6.07, 6.45) is 6.31. The standard InChI is InChI=1S/C21H20FN3O2/c22-17-8-2-1-7-15(17)13-16-14-24-20(27-16)19-10-4-6-12-25(19)21(26)18-9-3-5-11-23-18/h1-3,5,7-9,11,14,19H,4,6,10,12-13H2. The van der Waals surface area contributed by atoms with Crippen LogP contribution in [0.1, 0.15) is 53.0 Å². The average Bonchev–Trinajstić information content (AvgIpc) is 3.18. The molecule has 5 nitrogen and oxygen atoms in total. The van der Waals surface area contributed by atoms with Crippen LogP contribution < -0.4 is 0 Å². The molecule has 0 aliphatic carbocycles.